The number of aliphatic hydroxyl groups is 4. The van der Waals surface area contributed by atoms with E-state index in [4.69, 9.17) is 15.3 Å². The maximum atomic E-state index is 9.50. The Kier molecular flexibility index (Phi) is 6.43. The number of rotatable bonds is 2. The summed E-state index contributed by atoms with van der Waals surface area (Å²) in [6.07, 6.45) is 6.70. The number of aliphatic hydroxyl groups excluding tert-OH is 3. The average molecular weight is 216 g/mol. The lowest BCUT2D eigenvalue weighted by molar-refractivity contribution is 0.0450. The minimum atomic E-state index is -0.954. The zero-order valence-corrected chi connectivity index (χ0v) is 9.17. The van der Waals surface area contributed by atoms with E-state index in [1.165, 1.54) is 0 Å². The second kappa shape index (κ2) is 6.74. The second-order valence-electron chi connectivity index (χ2n) is 3.78. The van der Waals surface area contributed by atoms with Crippen LogP contribution >= 0.6 is 0 Å². The Morgan fingerprint density at radius 1 is 1.27 bits per heavy atom. The largest absolute Gasteiger partial charge is 0.394 e. The maximum absolute atomic E-state index is 9.50. The molecule has 15 heavy (non-hydrogen) atoms. The molecule has 1 aliphatic carbocycles. The van der Waals surface area contributed by atoms with Gasteiger partial charge in [-0.25, -0.2) is 0 Å². The molecular weight excluding hydrogens is 196 g/mol. The molecule has 0 fully saturated rings. The molecule has 4 nitrogen and oxygen atoms in total. The lowest BCUT2D eigenvalue weighted by Crippen LogP contribution is -2.29. The maximum Gasteiger partial charge on any atom is 0.100 e. The van der Waals surface area contributed by atoms with Crippen LogP contribution < -0.4 is 0 Å². The minimum Gasteiger partial charge on any atom is -0.394 e. The quantitative estimate of drug-likeness (QED) is 0.516. The van der Waals surface area contributed by atoms with E-state index in [2.05, 4.69) is 0 Å². The Bertz CT molecular complexity index is 217. The van der Waals surface area contributed by atoms with Crippen LogP contribution in [0.2, 0.25) is 0 Å². The molecule has 0 aliphatic heterocycles. The fraction of sp³-hybridized carbons (Fsp3) is 0.636. The third-order valence-electron chi connectivity index (χ3n) is 2.29. The summed E-state index contributed by atoms with van der Waals surface area (Å²) in [4.78, 5) is 0. The van der Waals surface area contributed by atoms with Crippen molar-refractivity contribution in [2.45, 2.75) is 25.6 Å². The number of hydrogen-bond acceptors (Lipinski definition) is 4. The van der Waals surface area contributed by atoms with Crippen LogP contribution in [0.4, 0.5) is 0 Å². The van der Waals surface area contributed by atoms with Gasteiger partial charge in [0.1, 0.15) is 6.10 Å². The summed E-state index contributed by atoms with van der Waals surface area (Å²) >= 11 is 0. The highest BCUT2D eigenvalue weighted by molar-refractivity contribution is 5.19. The molecule has 0 radical (unpaired) electrons. The molecule has 1 aliphatic rings. The van der Waals surface area contributed by atoms with Crippen LogP contribution in [0.25, 0.3) is 0 Å². The first-order valence-corrected chi connectivity index (χ1v) is 4.92. The van der Waals surface area contributed by atoms with E-state index in [1.54, 1.807) is 0 Å². The van der Waals surface area contributed by atoms with Crippen molar-refractivity contribution in [1.29, 1.82) is 0 Å². The Labute approximate surface area is 90.2 Å². The standard InChI is InChI=1S/C8H12O.C3H8O3/c1-7-5-3-4-6-8(7,2)9;4-1-3(6)2-5/h3-7,9H,1-2H3;3-6H,1-2H2. The molecular formula is C11H20O4. The van der Waals surface area contributed by atoms with Gasteiger partial charge < -0.3 is 20.4 Å². The summed E-state index contributed by atoms with van der Waals surface area (Å²) in [6, 6.07) is 0. The molecule has 4 N–H and O–H groups in total. The smallest absolute Gasteiger partial charge is 0.100 e. The van der Waals surface area contributed by atoms with Gasteiger partial charge in [-0.1, -0.05) is 31.2 Å². The highest BCUT2D eigenvalue weighted by atomic mass is 16.3. The molecule has 0 aromatic rings. The van der Waals surface area contributed by atoms with Crippen LogP contribution in [-0.2, 0) is 0 Å². The van der Waals surface area contributed by atoms with Crippen LogP contribution in [0.5, 0.6) is 0 Å². The van der Waals surface area contributed by atoms with Crippen molar-refractivity contribution in [2.24, 2.45) is 5.92 Å². The van der Waals surface area contributed by atoms with Crippen molar-refractivity contribution in [1.82, 2.24) is 0 Å². The fourth-order valence-electron chi connectivity index (χ4n) is 0.886. The molecule has 0 saturated carbocycles. The van der Waals surface area contributed by atoms with Gasteiger partial charge >= 0.3 is 0 Å². The molecule has 0 bridgehead atoms. The van der Waals surface area contributed by atoms with Crippen molar-refractivity contribution in [3.8, 4) is 0 Å². The number of hydrogen-bond donors (Lipinski definition) is 4. The van der Waals surface area contributed by atoms with Gasteiger partial charge in [-0.3, -0.25) is 0 Å². The summed E-state index contributed by atoms with van der Waals surface area (Å²) in [6.45, 7) is 3.09. The van der Waals surface area contributed by atoms with Crippen molar-refractivity contribution in [3.05, 3.63) is 24.3 Å². The highest BCUT2D eigenvalue weighted by Gasteiger charge is 2.23. The van der Waals surface area contributed by atoms with Gasteiger partial charge in [-0.15, -0.1) is 0 Å². The third-order valence-corrected chi connectivity index (χ3v) is 2.29. The Morgan fingerprint density at radius 2 is 1.80 bits per heavy atom. The lowest BCUT2D eigenvalue weighted by atomic mass is 9.87. The molecule has 0 aromatic carbocycles. The predicted octanol–water partition coefficient (Wildman–Crippen LogP) is -0.169. The molecule has 88 valence electrons. The van der Waals surface area contributed by atoms with Crippen molar-refractivity contribution < 1.29 is 20.4 Å². The first-order valence-electron chi connectivity index (χ1n) is 4.92. The van der Waals surface area contributed by atoms with E-state index in [9.17, 15) is 5.11 Å². The van der Waals surface area contributed by atoms with Gasteiger partial charge in [-0.2, -0.15) is 0 Å². The molecule has 0 aromatic heterocycles. The van der Waals surface area contributed by atoms with Gasteiger partial charge in [-0.05, 0) is 6.92 Å². The van der Waals surface area contributed by atoms with E-state index in [0.717, 1.165) is 0 Å². The molecule has 0 spiro atoms. The van der Waals surface area contributed by atoms with Gasteiger partial charge in [0.05, 0.1) is 18.8 Å². The lowest BCUT2D eigenvalue weighted by Gasteiger charge is -2.26. The van der Waals surface area contributed by atoms with E-state index >= 15 is 0 Å². The fourth-order valence-corrected chi connectivity index (χ4v) is 0.886. The normalized spacial score (nSPS) is 28.9. The first kappa shape index (κ1) is 14.3. The number of allylic oxidation sites excluding steroid dienone is 2. The van der Waals surface area contributed by atoms with Crippen LogP contribution in [0.1, 0.15) is 13.8 Å². The van der Waals surface area contributed by atoms with E-state index in [0.29, 0.717) is 0 Å². The average Bonchev–Trinajstić information content (AvgIpc) is 2.22. The van der Waals surface area contributed by atoms with E-state index in [-0.39, 0.29) is 19.1 Å². The SMILES string of the molecule is CC1C=CC=CC1(C)O.OCC(O)CO. The summed E-state index contributed by atoms with van der Waals surface area (Å²) in [7, 11) is 0. The van der Waals surface area contributed by atoms with Crippen LogP contribution in [0.15, 0.2) is 24.3 Å². The third kappa shape index (κ3) is 5.69. The van der Waals surface area contributed by atoms with Gasteiger partial charge in [0.15, 0.2) is 0 Å². The van der Waals surface area contributed by atoms with Crippen molar-refractivity contribution >= 4 is 0 Å². The first-order chi connectivity index (χ1) is 6.94. The Balaban J connectivity index is 0.000000288. The topological polar surface area (TPSA) is 80.9 Å². The van der Waals surface area contributed by atoms with Gasteiger partial charge in [0.2, 0.25) is 0 Å². The Morgan fingerprint density at radius 3 is 2.00 bits per heavy atom. The zero-order chi connectivity index (χ0) is 11.9. The van der Waals surface area contributed by atoms with E-state index in [1.807, 2.05) is 38.2 Å². The van der Waals surface area contributed by atoms with Crippen LogP contribution in [-0.4, -0.2) is 45.3 Å². The Hall–Kier alpha value is -0.680. The van der Waals surface area contributed by atoms with Gasteiger partial charge in [0.25, 0.3) is 0 Å². The van der Waals surface area contributed by atoms with Crippen molar-refractivity contribution in [3.63, 3.8) is 0 Å². The summed E-state index contributed by atoms with van der Waals surface area (Å²) in [5, 5.41) is 33.5. The molecule has 2 unspecified atom stereocenters. The zero-order valence-electron chi connectivity index (χ0n) is 9.17. The predicted molar refractivity (Wildman–Crippen MR) is 58.2 cm³/mol. The molecule has 1 rings (SSSR count). The van der Waals surface area contributed by atoms with Crippen molar-refractivity contribution in [2.75, 3.05) is 13.2 Å². The molecule has 4 heteroatoms. The highest BCUT2D eigenvalue weighted by Crippen LogP contribution is 2.22. The molecule has 2 atom stereocenters. The van der Waals surface area contributed by atoms with E-state index < -0.39 is 11.7 Å². The second-order valence-corrected chi connectivity index (χ2v) is 3.78. The summed E-state index contributed by atoms with van der Waals surface area (Å²) < 4.78 is 0. The van der Waals surface area contributed by atoms with Crippen LogP contribution in [0, 0.1) is 5.92 Å². The monoisotopic (exact) mass is 216 g/mol. The molecule has 0 heterocycles. The summed E-state index contributed by atoms with van der Waals surface area (Å²) in [5.74, 6) is 0.238. The minimum absolute atomic E-state index is 0.238. The summed E-state index contributed by atoms with van der Waals surface area (Å²) in [5.41, 5.74) is -0.630. The van der Waals surface area contributed by atoms with Crippen LogP contribution in [0.3, 0.4) is 0 Å². The van der Waals surface area contributed by atoms with Gasteiger partial charge in [0, 0.05) is 5.92 Å². The molecule has 0 amide bonds. The molecule has 0 saturated heterocycles.